The summed E-state index contributed by atoms with van der Waals surface area (Å²) in [6, 6.07) is 14.2. The predicted molar refractivity (Wildman–Crippen MR) is 80.3 cm³/mol. The Kier molecular flexibility index (Phi) is 4.85. The summed E-state index contributed by atoms with van der Waals surface area (Å²) >= 11 is 5.77. The van der Waals surface area contributed by atoms with Gasteiger partial charge in [-0.05, 0) is 42.8 Å². The van der Waals surface area contributed by atoms with Crippen molar-refractivity contribution in [2.24, 2.45) is 0 Å². The Morgan fingerprint density at radius 1 is 1.15 bits per heavy atom. The van der Waals surface area contributed by atoms with E-state index >= 15 is 0 Å². The molecule has 0 aliphatic rings. The monoisotopic (exact) mass is 290 g/mol. The molecule has 2 amide bonds. The Morgan fingerprint density at radius 2 is 1.85 bits per heavy atom. The maximum atomic E-state index is 11.7. The van der Waals surface area contributed by atoms with Crippen LogP contribution in [0.25, 0.3) is 0 Å². The van der Waals surface area contributed by atoms with Crippen LogP contribution in [0.15, 0.2) is 48.5 Å². The van der Waals surface area contributed by atoms with Crippen LogP contribution in [0, 0.1) is 6.92 Å². The van der Waals surface area contributed by atoms with Crippen LogP contribution in [0.4, 0.5) is 10.5 Å². The van der Waals surface area contributed by atoms with Crippen molar-refractivity contribution in [3.8, 4) is 5.75 Å². The Hall–Kier alpha value is -2.20. The van der Waals surface area contributed by atoms with Gasteiger partial charge >= 0.3 is 6.03 Å². The van der Waals surface area contributed by atoms with Gasteiger partial charge in [0.15, 0.2) is 6.73 Å². The van der Waals surface area contributed by atoms with Crippen molar-refractivity contribution in [3.63, 3.8) is 0 Å². The lowest BCUT2D eigenvalue weighted by molar-refractivity contribution is 0.234. The van der Waals surface area contributed by atoms with E-state index in [4.69, 9.17) is 16.3 Å². The van der Waals surface area contributed by atoms with Crippen LogP contribution in [0.1, 0.15) is 5.56 Å². The third-order valence-electron chi connectivity index (χ3n) is 2.68. The van der Waals surface area contributed by atoms with Gasteiger partial charge in [-0.1, -0.05) is 29.8 Å². The maximum absolute atomic E-state index is 11.7. The number of ether oxygens (including phenoxy) is 1. The van der Waals surface area contributed by atoms with Gasteiger partial charge in [-0.25, -0.2) is 4.79 Å². The Bertz CT molecular complexity index is 585. The molecule has 0 radical (unpaired) electrons. The number of carbonyl (C=O) groups is 1. The number of rotatable bonds is 4. The fraction of sp³-hybridized carbons (Fsp3) is 0.133. The maximum Gasteiger partial charge on any atom is 0.321 e. The molecule has 0 saturated carbocycles. The van der Waals surface area contributed by atoms with Crippen LogP contribution in [0.2, 0.25) is 5.02 Å². The van der Waals surface area contributed by atoms with E-state index in [2.05, 4.69) is 10.6 Å². The molecule has 0 aromatic heterocycles. The fourth-order valence-corrected chi connectivity index (χ4v) is 1.72. The molecule has 0 atom stereocenters. The van der Waals surface area contributed by atoms with Crippen LogP contribution in [0.3, 0.4) is 0 Å². The number of amides is 2. The topological polar surface area (TPSA) is 50.4 Å². The van der Waals surface area contributed by atoms with E-state index in [0.717, 1.165) is 11.3 Å². The van der Waals surface area contributed by atoms with E-state index in [1.807, 2.05) is 31.2 Å². The number of aryl methyl sites for hydroxylation is 1. The molecule has 2 N–H and O–H groups in total. The first kappa shape index (κ1) is 14.2. The number of hydrogen-bond acceptors (Lipinski definition) is 2. The van der Waals surface area contributed by atoms with Crippen molar-refractivity contribution >= 4 is 23.3 Å². The molecule has 0 saturated heterocycles. The number of halogens is 1. The second kappa shape index (κ2) is 6.82. The molecule has 0 spiro atoms. The highest BCUT2D eigenvalue weighted by atomic mass is 35.5. The first-order valence-electron chi connectivity index (χ1n) is 6.14. The normalized spacial score (nSPS) is 9.90. The van der Waals surface area contributed by atoms with Gasteiger partial charge in [0.05, 0.1) is 0 Å². The molecule has 0 fully saturated rings. The lowest BCUT2D eigenvalue weighted by Gasteiger charge is -2.10. The molecular formula is C15H15ClN2O2. The second-order valence-corrected chi connectivity index (χ2v) is 4.62. The van der Waals surface area contributed by atoms with E-state index in [1.54, 1.807) is 24.3 Å². The van der Waals surface area contributed by atoms with Gasteiger partial charge in [-0.2, -0.15) is 0 Å². The molecule has 0 aliphatic heterocycles. The van der Waals surface area contributed by atoms with E-state index in [-0.39, 0.29) is 12.8 Å². The van der Waals surface area contributed by atoms with Crippen LogP contribution in [-0.2, 0) is 0 Å². The average molecular weight is 291 g/mol. The average Bonchev–Trinajstić information content (AvgIpc) is 2.44. The molecule has 0 unspecified atom stereocenters. The third kappa shape index (κ3) is 4.17. The van der Waals surface area contributed by atoms with Crippen molar-refractivity contribution in [2.45, 2.75) is 6.92 Å². The SMILES string of the molecule is Cc1ccccc1NC(=O)NCOc1ccc(Cl)cc1. The molecule has 0 heterocycles. The Labute approximate surface area is 122 Å². The van der Waals surface area contributed by atoms with Crippen LogP contribution < -0.4 is 15.4 Å². The van der Waals surface area contributed by atoms with Crippen molar-refractivity contribution in [1.82, 2.24) is 5.32 Å². The van der Waals surface area contributed by atoms with Gasteiger partial charge in [-0.15, -0.1) is 0 Å². The number of anilines is 1. The zero-order valence-corrected chi connectivity index (χ0v) is 11.8. The second-order valence-electron chi connectivity index (χ2n) is 4.19. The number of para-hydroxylation sites is 1. The van der Waals surface area contributed by atoms with Gasteiger partial charge < -0.3 is 15.4 Å². The molecule has 104 valence electrons. The number of benzene rings is 2. The van der Waals surface area contributed by atoms with Crippen molar-refractivity contribution in [1.29, 1.82) is 0 Å². The van der Waals surface area contributed by atoms with E-state index in [0.29, 0.717) is 10.8 Å². The smallest absolute Gasteiger partial charge is 0.321 e. The number of urea groups is 1. The van der Waals surface area contributed by atoms with Crippen LogP contribution in [-0.4, -0.2) is 12.8 Å². The van der Waals surface area contributed by atoms with Crippen molar-refractivity contribution < 1.29 is 9.53 Å². The number of carbonyl (C=O) groups excluding carboxylic acids is 1. The quantitative estimate of drug-likeness (QED) is 0.841. The first-order valence-corrected chi connectivity index (χ1v) is 6.52. The Morgan fingerprint density at radius 3 is 2.55 bits per heavy atom. The first-order chi connectivity index (χ1) is 9.65. The van der Waals surface area contributed by atoms with E-state index in [1.165, 1.54) is 0 Å². The molecular weight excluding hydrogens is 276 g/mol. The van der Waals surface area contributed by atoms with Gasteiger partial charge in [-0.3, -0.25) is 0 Å². The minimum atomic E-state index is -0.312. The zero-order chi connectivity index (χ0) is 14.4. The standard InChI is InChI=1S/C15H15ClN2O2/c1-11-4-2-3-5-14(11)18-15(19)17-10-20-13-8-6-12(16)7-9-13/h2-9H,10H2,1H3,(H2,17,18,19). The molecule has 0 bridgehead atoms. The van der Waals surface area contributed by atoms with Crippen LogP contribution in [0.5, 0.6) is 5.75 Å². The van der Waals surface area contributed by atoms with E-state index in [9.17, 15) is 4.79 Å². The summed E-state index contributed by atoms with van der Waals surface area (Å²) in [6.07, 6.45) is 0. The summed E-state index contributed by atoms with van der Waals surface area (Å²) in [7, 11) is 0. The fourth-order valence-electron chi connectivity index (χ4n) is 1.60. The molecule has 2 aromatic rings. The zero-order valence-electron chi connectivity index (χ0n) is 11.0. The van der Waals surface area contributed by atoms with E-state index < -0.39 is 0 Å². The predicted octanol–water partition coefficient (Wildman–Crippen LogP) is 3.81. The molecule has 2 aromatic carbocycles. The molecule has 20 heavy (non-hydrogen) atoms. The summed E-state index contributed by atoms with van der Waals surface area (Å²) in [5.41, 5.74) is 1.78. The lowest BCUT2D eigenvalue weighted by Crippen LogP contribution is -2.32. The van der Waals surface area contributed by atoms with Gasteiger partial charge in [0.2, 0.25) is 0 Å². The highest BCUT2D eigenvalue weighted by molar-refractivity contribution is 6.30. The van der Waals surface area contributed by atoms with Crippen LogP contribution >= 0.6 is 11.6 Å². The highest BCUT2D eigenvalue weighted by Gasteiger charge is 2.03. The largest absolute Gasteiger partial charge is 0.473 e. The minimum Gasteiger partial charge on any atom is -0.473 e. The summed E-state index contributed by atoms with van der Waals surface area (Å²) in [6.45, 7) is 2.01. The number of nitrogens with one attached hydrogen (secondary N) is 2. The van der Waals surface area contributed by atoms with Gasteiger partial charge in [0.25, 0.3) is 0 Å². The van der Waals surface area contributed by atoms with Gasteiger partial charge in [0, 0.05) is 10.7 Å². The third-order valence-corrected chi connectivity index (χ3v) is 2.93. The Balaban J connectivity index is 1.78. The summed E-state index contributed by atoms with van der Waals surface area (Å²) in [4.78, 5) is 11.7. The van der Waals surface area contributed by atoms with Gasteiger partial charge in [0.1, 0.15) is 5.75 Å². The summed E-state index contributed by atoms with van der Waals surface area (Å²) in [5.74, 6) is 0.644. The van der Waals surface area contributed by atoms with Crippen molar-refractivity contribution in [3.05, 3.63) is 59.1 Å². The minimum absolute atomic E-state index is 0.0827. The number of hydrogen-bond donors (Lipinski definition) is 2. The molecule has 2 rings (SSSR count). The summed E-state index contributed by atoms with van der Waals surface area (Å²) in [5, 5.41) is 6.01. The molecule has 4 nitrogen and oxygen atoms in total. The lowest BCUT2D eigenvalue weighted by atomic mass is 10.2. The summed E-state index contributed by atoms with van der Waals surface area (Å²) < 4.78 is 5.37. The molecule has 5 heteroatoms. The highest BCUT2D eigenvalue weighted by Crippen LogP contribution is 2.15. The molecule has 0 aliphatic carbocycles. The van der Waals surface area contributed by atoms with Crippen molar-refractivity contribution in [2.75, 3.05) is 12.0 Å².